The second kappa shape index (κ2) is 5.14. The largest absolute Gasteiger partial charge is 0.431 e. The van der Waals surface area contributed by atoms with Gasteiger partial charge in [-0.1, -0.05) is 23.9 Å². The van der Waals surface area contributed by atoms with Gasteiger partial charge in [0.2, 0.25) is 0 Å². The van der Waals surface area contributed by atoms with Crippen molar-refractivity contribution in [2.24, 2.45) is 5.73 Å². The Morgan fingerprint density at radius 2 is 2.22 bits per heavy atom. The number of nitrogens with two attached hydrogens (primary N) is 1. The Kier molecular flexibility index (Phi) is 3.36. The van der Waals surface area contributed by atoms with Gasteiger partial charge in [0, 0.05) is 6.54 Å². The second-order valence-corrected chi connectivity index (χ2v) is 5.78. The first kappa shape index (κ1) is 11.8. The highest BCUT2D eigenvalue weighted by atomic mass is 32.2. The van der Waals surface area contributed by atoms with Crippen LogP contribution in [0.5, 0.6) is 0 Å². The van der Waals surface area contributed by atoms with Crippen LogP contribution < -0.4 is 5.73 Å². The molecule has 2 aromatic heterocycles. The predicted molar refractivity (Wildman–Crippen MR) is 76.0 cm³/mol. The molecule has 2 heterocycles. The van der Waals surface area contributed by atoms with E-state index >= 15 is 0 Å². The average molecular weight is 276 g/mol. The number of fused-ring (bicyclic) bond motifs is 1. The second-order valence-electron chi connectivity index (χ2n) is 3.85. The van der Waals surface area contributed by atoms with E-state index in [0.717, 1.165) is 11.1 Å². The van der Waals surface area contributed by atoms with Gasteiger partial charge in [0.1, 0.15) is 5.52 Å². The lowest BCUT2D eigenvalue weighted by atomic mass is 10.2. The highest BCUT2D eigenvalue weighted by Crippen LogP contribution is 2.36. The molecule has 3 nitrogen and oxygen atoms in total. The number of benzene rings is 1. The Bertz CT molecular complexity index is 600. The molecule has 1 aromatic carbocycles. The van der Waals surface area contributed by atoms with Gasteiger partial charge < -0.3 is 10.2 Å². The first-order valence-electron chi connectivity index (χ1n) is 5.61. The molecule has 0 fully saturated rings. The fourth-order valence-corrected chi connectivity index (χ4v) is 3.45. The number of para-hydroxylation sites is 2. The van der Waals surface area contributed by atoms with Gasteiger partial charge in [-0.2, -0.15) is 11.3 Å². The van der Waals surface area contributed by atoms with Crippen LogP contribution in [-0.2, 0) is 0 Å². The molecule has 0 aliphatic heterocycles. The fourth-order valence-electron chi connectivity index (χ4n) is 1.73. The third kappa shape index (κ3) is 2.29. The zero-order chi connectivity index (χ0) is 12.4. The van der Waals surface area contributed by atoms with E-state index in [0.29, 0.717) is 11.8 Å². The fraction of sp³-hybridized carbons (Fsp3) is 0.154. The van der Waals surface area contributed by atoms with E-state index in [-0.39, 0.29) is 5.25 Å². The van der Waals surface area contributed by atoms with Crippen molar-refractivity contribution in [3.8, 4) is 0 Å². The maximum absolute atomic E-state index is 5.82. The SMILES string of the molecule is NCC(Sc1nc2ccccc2o1)c1ccsc1. The predicted octanol–water partition coefficient (Wildman–Crippen LogP) is 3.68. The van der Waals surface area contributed by atoms with E-state index in [1.807, 2.05) is 24.3 Å². The summed E-state index contributed by atoms with van der Waals surface area (Å²) in [5, 5.41) is 5.06. The molecular weight excluding hydrogens is 264 g/mol. The summed E-state index contributed by atoms with van der Waals surface area (Å²) in [6, 6.07) is 9.87. The first-order valence-corrected chi connectivity index (χ1v) is 7.43. The summed E-state index contributed by atoms with van der Waals surface area (Å²) in [6.07, 6.45) is 0. The first-order chi connectivity index (χ1) is 8.86. The smallest absolute Gasteiger partial charge is 0.257 e. The van der Waals surface area contributed by atoms with Crippen molar-refractivity contribution in [1.29, 1.82) is 0 Å². The van der Waals surface area contributed by atoms with Crippen molar-refractivity contribution in [3.63, 3.8) is 0 Å². The number of thiophene rings is 1. The third-order valence-electron chi connectivity index (χ3n) is 2.65. The van der Waals surface area contributed by atoms with Crippen molar-refractivity contribution in [2.75, 3.05) is 6.54 Å². The van der Waals surface area contributed by atoms with Crippen LogP contribution in [0.3, 0.4) is 0 Å². The van der Waals surface area contributed by atoms with Crippen LogP contribution in [0.1, 0.15) is 10.8 Å². The van der Waals surface area contributed by atoms with Crippen LogP contribution in [0.25, 0.3) is 11.1 Å². The van der Waals surface area contributed by atoms with Crippen LogP contribution in [0, 0.1) is 0 Å². The lowest BCUT2D eigenvalue weighted by molar-refractivity contribution is 0.488. The number of hydrogen-bond acceptors (Lipinski definition) is 5. The zero-order valence-electron chi connectivity index (χ0n) is 9.58. The molecule has 0 aliphatic rings. The number of nitrogens with zero attached hydrogens (tertiary/aromatic N) is 1. The average Bonchev–Trinajstić information content (AvgIpc) is 3.04. The minimum Gasteiger partial charge on any atom is -0.431 e. The number of hydrogen-bond donors (Lipinski definition) is 1. The monoisotopic (exact) mass is 276 g/mol. The molecule has 18 heavy (non-hydrogen) atoms. The summed E-state index contributed by atoms with van der Waals surface area (Å²) in [4.78, 5) is 4.45. The maximum atomic E-state index is 5.82. The van der Waals surface area contributed by atoms with E-state index in [1.54, 1.807) is 23.1 Å². The van der Waals surface area contributed by atoms with Crippen LogP contribution in [0.2, 0.25) is 0 Å². The molecule has 1 atom stereocenters. The molecule has 0 saturated carbocycles. The minimum atomic E-state index is 0.198. The Hall–Kier alpha value is -1.30. The van der Waals surface area contributed by atoms with E-state index in [4.69, 9.17) is 10.2 Å². The van der Waals surface area contributed by atoms with Gasteiger partial charge in [-0.3, -0.25) is 0 Å². The summed E-state index contributed by atoms with van der Waals surface area (Å²) in [7, 11) is 0. The molecular formula is C13H12N2OS2. The van der Waals surface area contributed by atoms with Crippen LogP contribution >= 0.6 is 23.1 Å². The Labute approximate surface area is 113 Å². The van der Waals surface area contributed by atoms with Crippen molar-refractivity contribution in [3.05, 3.63) is 46.7 Å². The molecule has 3 rings (SSSR count). The zero-order valence-corrected chi connectivity index (χ0v) is 11.2. The number of rotatable bonds is 4. The van der Waals surface area contributed by atoms with Gasteiger partial charge in [-0.15, -0.1) is 0 Å². The van der Waals surface area contributed by atoms with Crippen LogP contribution in [-0.4, -0.2) is 11.5 Å². The summed E-state index contributed by atoms with van der Waals surface area (Å²) in [5.41, 5.74) is 8.76. The topological polar surface area (TPSA) is 52.0 Å². The van der Waals surface area contributed by atoms with Crippen molar-refractivity contribution < 1.29 is 4.42 Å². The van der Waals surface area contributed by atoms with Crippen molar-refractivity contribution in [2.45, 2.75) is 10.5 Å². The molecule has 3 aromatic rings. The minimum absolute atomic E-state index is 0.198. The summed E-state index contributed by atoms with van der Waals surface area (Å²) in [6.45, 7) is 0.570. The lowest BCUT2D eigenvalue weighted by Crippen LogP contribution is -2.08. The van der Waals surface area contributed by atoms with E-state index < -0.39 is 0 Å². The summed E-state index contributed by atoms with van der Waals surface area (Å²) < 4.78 is 5.70. The van der Waals surface area contributed by atoms with Crippen molar-refractivity contribution >= 4 is 34.2 Å². The molecule has 0 aliphatic carbocycles. The van der Waals surface area contributed by atoms with Gasteiger partial charge in [0.15, 0.2) is 5.58 Å². The number of thioether (sulfide) groups is 1. The van der Waals surface area contributed by atoms with E-state index in [1.165, 1.54) is 5.56 Å². The van der Waals surface area contributed by atoms with Gasteiger partial charge in [0.05, 0.1) is 5.25 Å². The van der Waals surface area contributed by atoms with Crippen LogP contribution in [0.15, 0.2) is 50.7 Å². The highest BCUT2D eigenvalue weighted by Gasteiger charge is 2.15. The number of aromatic nitrogens is 1. The molecule has 0 amide bonds. The van der Waals surface area contributed by atoms with E-state index in [2.05, 4.69) is 21.8 Å². The summed E-state index contributed by atoms with van der Waals surface area (Å²) in [5.74, 6) is 0. The molecule has 1 unspecified atom stereocenters. The third-order valence-corrected chi connectivity index (χ3v) is 4.47. The Morgan fingerprint density at radius 3 is 2.94 bits per heavy atom. The molecule has 0 saturated heterocycles. The standard InChI is InChI=1S/C13H12N2OS2/c14-7-12(9-5-6-17-8-9)18-13-15-10-3-1-2-4-11(10)16-13/h1-6,8,12H,7,14H2. The van der Waals surface area contributed by atoms with E-state index in [9.17, 15) is 0 Å². The number of oxazole rings is 1. The van der Waals surface area contributed by atoms with Gasteiger partial charge in [0.25, 0.3) is 5.22 Å². The summed E-state index contributed by atoms with van der Waals surface area (Å²) >= 11 is 3.26. The Morgan fingerprint density at radius 1 is 1.33 bits per heavy atom. The maximum Gasteiger partial charge on any atom is 0.257 e. The Balaban J connectivity index is 1.86. The van der Waals surface area contributed by atoms with Gasteiger partial charge in [-0.25, -0.2) is 4.98 Å². The molecule has 92 valence electrons. The molecule has 2 N–H and O–H groups in total. The molecule has 0 radical (unpaired) electrons. The normalized spacial score (nSPS) is 12.9. The molecule has 0 spiro atoms. The quantitative estimate of drug-likeness (QED) is 0.738. The molecule has 5 heteroatoms. The van der Waals surface area contributed by atoms with Crippen molar-refractivity contribution in [1.82, 2.24) is 4.98 Å². The highest BCUT2D eigenvalue weighted by molar-refractivity contribution is 7.99. The molecule has 0 bridgehead atoms. The van der Waals surface area contributed by atoms with Crippen LogP contribution in [0.4, 0.5) is 0 Å². The lowest BCUT2D eigenvalue weighted by Gasteiger charge is -2.09. The van der Waals surface area contributed by atoms with Gasteiger partial charge in [-0.05, 0) is 34.5 Å². The van der Waals surface area contributed by atoms with Gasteiger partial charge >= 0.3 is 0 Å².